The summed E-state index contributed by atoms with van der Waals surface area (Å²) in [6.45, 7) is 1.33. The predicted octanol–water partition coefficient (Wildman–Crippen LogP) is 1.20. The fourth-order valence-corrected chi connectivity index (χ4v) is 2.49. The van der Waals surface area contributed by atoms with E-state index in [9.17, 15) is 9.59 Å². The number of rotatable bonds is 2. The smallest absolute Gasteiger partial charge is 0.274 e. The van der Waals surface area contributed by atoms with Crippen LogP contribution in [0.25, 0.3) is 28.1 Å². The highest BCUT2D eigenvalue weighted by molar-refractivity contribution is 5.83. The van der Waals surface area contributed by atoms with Crippen LogP contribution in [0.4, 0.5) is 0 Å². The summed E-state index contributed by atoms with van der Waals surface area (Å²) in [5.74, 6) is 0.595. The molecular weight excluding hydrogens is 308 g/mol. The van der Waals surface area contributed by atoms with Crippen LogP contribution in [0.1, 0.15) is 6.92 Å². The molecule has 0 fully saturated rings. The normalized spacial score (nSPS) is 11.0. The molecule has 0 saturated heterocycles. The quantitative estimate of drug-likeness (QED) is 0.599. The molecule has 1 N–H and O–H groups in total. The molecule has 0 atom stereocenters. The van der Waals surface area contributed by atoms with Crippen LogP contribution in [-0.4, -0.2) is 30.2 Å². The lowest BCUT2D eigenvalue weighted by Gasteiger charge is -2.07. The SMILES string of the molecule is CC(=O)Nn1ccc2c(cnc3nc(-c4ccccc4)nn32)c1=O. The number of fused-ring (bicyclic) bond motifs is 3. The van der Waals surface area contributed by atoms with Gasteiger partial charge in [0.25, 0.3) is 11.3 Å². The number of carbonyl (C=O) groups is 1. The molecule has 0 saturated carbocycles. The Morgan fingerprint density at radius 1 is 1.17 bits per heavy atom. The van der Waals surface area contributed by atoms with Crippen molar-refractivity contribution >= 4 is 22.6 Å². The number of carbonyl (C=O) groups excluding carboxylic acids is 1. The minimum absolute atomic E-state index is 0.336. The second-order valence-electron chi connectivity index (χ2n) is 5.23. The van der Waals surface area contributed by atoms with Crippen LogP contribution in [0.2, 0.25) is 0 Å². The Hall–Kier alpha value is -3.55. The van der Waals surface area contributed by atoms with Gasteiger partial charge in [0.2, 0.25) is 5.91 Å². The number of amides is 1. The first-order valence-electron chi connectivity index (χ1n) is 7.23. The number of benzene rings is 1. The van der Waals surface area contributed by atoms with Crippen molar-refractivity contribution in [2.75, 3.05) is 5.43 Å². The van der Waals surface area contributed by atoms with Crippen molar-refractivity contribution in [3.05, 3.63) is 59.1 Å². The maximum Gasteiger partial charge on any atom is 0.280 e. The van der Waals surface area contributed by atoms with Gasteiger partial charge in [-0.2, -0.15) is 9.50 Å². The van der Waals surface area contributed by atoms with Crippen molar-refractivity contribution in [1.29, 1.82) is 0 Å². The molecule has 118 valence electrons. The van der Waals surface area contributed by atoms with Crippen LogP contribution < -0.4 is 11.0 Å². The van der Waals surface area contributed by atoms with Crippen LogP contribution in [0.15, 0.2) is 53.6 Å². The zero-order valence-electron chi connectivity index (χ0n) is 12.7. The highest BCUT2D eigenvalue weighted by atomic mass is 16.2. The van der Waals surface area contributed by atoms with Gasteiger partial charge in [0.05, 0.1) is 10.9 Å². The summed E-state index contributed by atoms with van der Waals surface area (Å²) in [6, 6.07) is 11.2. The van der Waals surface area contributed by atoms with Crippen LogP contribution in [-0.2, 0) is 4.79 Å². The maximum atomic E-state index is 12.4. The third-order valence-corrected chi connectivity index (χ3v) is 3.54. The van der Waals surface area contributed by atoms with Crippen molar-refractivity contribution in [2.24, 2.45) is 0 Å². The van der Waals surface area contributed by atoms with E-state index in [0.29, 0.717) is 22.5 Å². The summed E-state index contributed by atoms with van der Waals surface area (Å²) < 4.78 is 2.64. The Morgan fingerprint density at radius 3 is 2.71 bits per heavy atom. The molecule has 8 nitrogen and oxygen atoms in total. The van der Waals surface area contributed by atoms with Gasteiger partial charge in [-0.15, -0.1) is 5.10 Å². The maximum absolute atomic E-state index is 12.4. The molecule has 0 bridgehead atoms. The van der Waals surface area contributed by atoms with Crippen LogP contribution in [0.3, 0.4) is 0 Å². The zero-order valence-corrected chi connectivity index (χ0v) is 12.7. The highest BCUT2D eigenvalue weighted by Gasteiger charge is 2.12. The van der Waals surface area contributed by atoms with E-state index in [1.165, 1.54) is 23.8 Å². The predicted molar refractivity (Wildman–Crippen MR) is 88.0 cm³/mol. The first kappa shape index (κ1) is 14.1. The first-order valence-corrected chi connectivity index (χ1v) is 7.23. The van der Waals surface area contributed by atoms with Gasteiger partial charge in [0.1, 0.15) is 0 Å². The molecule has 8 heteroatoms. The first-order chi connectivity index (χ1) is 11.6. The van der Waals surface area contributed by atoms with Crippen LogP contribution >= 0.6 is 0 Å². The number of aromatic nitrogens is 5. The van der Waals surface area contributed by atoms with E-state index in [-0.39, 0.29) is 11.5 Å². The summed E-state index contributed by atoms with van der Waals surface area (Å²) in [6.07, 6.45) is 2.92. The highest BCUT2D eigenvalue weighted by Crippen LogP contribution is 2.17. The number of nitrogens with zero attached hydrogens (tertiary/aromatic N) is 5. The molecule has 1 aromatic carbocycles. The van der Waals surface area contributed by atoms with Gasteiger partial charge in [0, 0.05) is 24.9 Å². The van der Waals surface area contributed by atoms with Gasteiger partial charge in [-0.05, 0) is 6.07 Å². The molecule has 0 aliphatic carbocycles. The van der Waals surface area contributed by atoms with Crippen molar-refractivity contribution in [3.63, 3.8) is 0 Å². The zero-order chi connectivity index (χ0) is 16.7. The van der Waals surface area contributed by atoms with Gasteiger partial charge < -0.3 is 0 Å². The Kier molecular flexibility index (Phi) is 3.09. The van der Waals surface area contributed by atoms with Gasteiger partial charge in [-0.1, -0.05) is 30.3 Å². The number of hydrogen-bond acceptors (Lipinski definition) is 5. The fourth-order valence-electron chi connectivity index (χ4n) is 2.49. The van der Waals surface area contributed by atoms with E-state index in [4.69, 9.17) is 0 Å². The lowest BCUT2D eigenvalue weighted by Crippen LogP contribution is -2.31. The van der Waals surface area contributed by atoms with Gasteiger partial charge in [-0.25, -0.2) is 9.66 Å². The van der Waals surface area contributed by atoms with E-state index in [0.717, 1.165) is 10.2 Å². The van der Waals surface area contributed by atoms with Crippen LogP contribution in [0.5, 0.6) is 0 Å². The summed E-state index contributed by atoms with van der Waals surface area (Å²) in [7, 11) is 0. The Morgan fingerprint density at radius 2 is 1.96 bits per heavy atom. The van der Waals surface area contributed by atoms with E-state index in [1.54, 1.807) is 6.07 Å². The van der Waals surface area contributed by atoms with Crippen molar-refractivity contribution in [2.45, 2.75) is 6.92 Å². The molecule has 4 rings (SSSR count). The standard InChI is InChI=1S/C16H12N6O2/c1-10(23)19-21-8-7-13-12(15(21)24)9-17-16-18-14(20-22(13)16)11-5-3-2-4-6-11/h2-9H,1H3,(H,19,23). The molecule has 24 heavy (non-hydrogen) atoms. The van der Waals surface area contributed by atoms with E-state index in [1.807, 2.05) is 30.3 Å². The molecular formula is C16H12N6O2. The van der Waals surface area contributed by atoms with Gasteiger partial charge in [-0.3, -0.25) is 15.0 Å². The minimum Gasteiger partial charge on any atom is -0.274 e. The molecule has 0 aliphatic heterocycles. The molecule has 1 amide bonds. The topological polar surface area (TPSA) is 94.2 Å². The molecule has 0 radical (unpaired) electrons. The summed E-state index contributed by atoms with van der Waals surface area (Å²) in [5.41, 5.74) is 3.49. The minimum atomic E-state index is -0.381. The van der Waals surface area contributed by atoms with E-state index >= 15 is 0 Å². The molecule has 3 heterocycles. The average Bonchev–Trinajstić information content (AvgIpc) is 3.02. The number of hydrogen-bond donors (Lipinski definition) is 1. The van der Waals surface area contributed by atoms with Crippen LogP contribution in [0, 0.1) is 0 Å². The largest absolute Gasteiger partial charge is 0.280 e. The lowest BCUT2D eigenvalue weighted by molar-refractivity contribution is -0.115. The Bertz CT molecular complexity index is 1130. The monoisotopic (exact) mass is 320 g/mol. The molecule has 4 aromatic rings. The van der Waals surface area contributed by atoms with Gasteiger partial charge in [0.15, 0.2) is 5.82 Å². The molecule has 0 unspecified atom stereocenters. The molecule has 0 spiro atoms. The van der Waals surface area contributed by atoms with Crippen molar-refractivity contribution < 1.29 is 4.79 Å². The number of nitrogens with one attached hydrogen (secondary N) is 1. The summed E-state index contributed by atoms with van der Waals surface area (Å²) in [5, 5.41) is 4.79. The lowest BCUT2D eigenvalue weighted by atomic mass is 10.2. The fraction of sp³-hybridized carbons (Fsp3) is 0.0625. The summed E-state index contributed by atoms with van der Waals surface area (Å²) in [4.78, 5) is 32.2. The Labute approximate surface area is 135 Å². The third-order valence-electron chi connectivity index (χ3n) is 3.54. The van der Waals surface area contributed by atoms with E-state index < -0.39 is 0 Å². The Balaban J connectivity index is 1.95. The van der Waals surface area contributed by atoms with Crippen molar-refractivity contribution in [1.82, 2.24) is 24.3 Å². The second-order valence-corrected chi connectivity index (χ2v) is 5.23. The number of pyridine rings is 1. The van der Waals surface area contributed by atoms with Crippen molar-refractivity contribution in [3.8, 4) is 11.4 Å². The second kappa shape index (κ2) is 5.27. The average molecular weight is 320 g/mol. The summed E-state index contributed by atoms with van der Waals surface area (Å²) >= 11 is 0. The molecule has 3 aromatic heterocycles. The van der Waals surface area contributed by atoms with E-state index in [2.05, 4.69) is 20.5 Å². The van der Waals surface area contributed by atoms with Gasteiger partial charge >= 0.3 is 0 Å². The molecule has 0 aliphatic rings. The third kappa shape index (κ3) is 2.21.